The molecule has 7 nitrogen and oxygen atoms in total. The summed E-state index contributed by atoms with van der Waals surface area (Å²) in [5.74, 6) is -2.05. The van der Waals surface area contributed by atoms with E-state index < -0.39 is 17.8 Å². The first-order valence-electron chi connectivity index (χ1n) is 5.77. The number of benzene rings is 1. The zero-order valence-corrected chi connectivity index (χ0v) is 12.6. The van der Waals surface area contributed by atoms with Crippen molar-refractivity contribution in [2.75, 3.05) is 6.61 Å². The summed E-state index contributed by atoms with van der Waals surface area (Å²) in [6, 6.07) is 5.32. The van der Waals surface area contributed by atoms with Crippen LogP contribution in [0.15, 0.2) is 34.8 Å². The van der Waals surface area contributed by atoms with E-state index >= 15 is 0 Å². The summed E-state index contributed by atoms with van der Waals surface area (Å²) in [6.45, 7) is 1.54. The van der Waals surface area contributed by atoms with Crippen LogP contribution in [0.25, 0.3) is 0 Å². The Bertz CT molecular complexity index is 586. The van der Waals surface area contributed by atoms with E-state index in [1.165, 1.54) is 0 Å². The Morgan fingerprint density at radius 3 is 2.62 bits per heavy atom. The molecule has 1 rings (SSSR count). The van der Waals surface area contributed by atoms with Crippen LogP contribution in [0.2, 0.25) is 0 Å². The normalized spacial score (nSPS) is 10.2. The highest BCUT2D eigenvalue weighted by molar-refractivity contribution is 9.10. The summed E-state index contributed by atoms with van der Waals surface area (Å²) in [5.41, 5.74) is 4.96. The number of ether oxygens (including phenoxy) is 1. The van der Waals surface area contributed by atoms with Crippen LogP contribution in [-0.2, 0) is 14.4 Å². The van der Waals surface area contributed by atoms with Crippen LogP contribution < -0.4 is 15.6 Å². The zero-order chi connectivity index (χ0) is 15.8. The Kier molecular flexibility index (Phi) is 6.41. The highest BCUT2D eigenvalue weighted by atomic mass is 79.9. The average molecular weight is 357 g/mol. The number of halogens is 1. The van der Waals surface area contributed by atoms with Gasteiger partial charge >= 0.3 is 5.97 Å². The molecule has 0 bridgehead atoms. The molecule has 0 aromatic heterocycles. The van der Waals surface area contributed by atoms with Crippen LogP contribution in [0.1, 0.15) is 5.56 Å². The molecule has 0 saturated heterocycles. The van der Waals surface area contributed by atoms with Gasteiger partial charge in [0.25, 0.3) is 11.8 Å². The van der Waals surface area contributed by atoms with Gasteiger partial charge in [0.15, 0.2) is 6.61 Å². The Hall–Kier alpha value is -2.35. The van der Waals surface area contributed by atoms with Crippen molar-refractivity contribution >= 4 is 33.7 Å². The Morgan fingerprint density at radius 1 is 1.29 bits per heavy atom. The number of carboxylic acids is 1. The molecule has 0 atom stereocenters. The van der Waals surface area contributed by atoms with Crippen LogP contribution in [0.3, 0.4) is 0 Å². The molecule has 1 aromatic carbocycles. The summed E-state index contributed by atoms with van der Waals surface area (Å²) >= 11 is 3.31. The topological polar surface area (TPSA) is 105 Å². The van der Waals surface area contributed by atoms with Crippen molar-refractivity contribution < 1.29 is 24.2 Å². The van der Waals surface area contributed by atoms with E-state index in [1.54, 1.807) is 12.1 Å². The van der Waals surface area contributed by atoms with Gasteiger partial charge in [0, 0.05) is 16.6 Å². The lowest BCUT2D eigenvalue weighted by Crippen LogP contribution is -2.43. The Balaban J connectivity index is 2.37. The zero-order valence-electron chi connectivity index (χ0n) is 11.1. The second kappa shape index (κ2) is 8.05. The molecule has 0 aliphatic rings. The van der Waals surface area contributed by atoms with Crippen LogP contribution in [0, 0.1) is 6.92 Å². The highest BCUT2D eigenvalue weighted by Crippen LogP contribution is 2.21. The van der Waals surface area contributed by atoms with Gasteiger partial charge in [0.2, 0.25) is 0 Å². The number of carbonyl (C=O) groups excluding carboxylic acids is 2. The molecule has 0 fully saturated rings. The second-order valence-electron chi connectivity index (χ2n) is 3.91. The molecule has 0 aliphatic carbocycles. The number of carboxylic acid groups (broad SMARTS) is 1. The van der Waals surface area contributed by atoms with E-state index in [4.69, 9.17) is 9.84 Å². The maximum Gasteiger partial charge on any atom is 0.328 e. The van der Waals surface area contributed by atoms with Crippen molar-refractivity contribution in [3.8, 4) is 5.75 Å². The molecule has 112 valence electrons. The van der Waals surface area contributed by atoms with Crippen LogP contribution in [0.4, 0.5) is 0 Å². The van der Waals surface area contributed by atoms with Crippen LogP contribution >= 0.6 is 15.9 Å². The molecule has 2 amide bonds. The molecule has 0 radical (unpaired) electrons. The molecule has 0 unspecified atom stereocenters. The van der Waals surface area contributed by atoms with Gasteiger partial charge in [-0.05, 0) is 30.7 Å². The lowest BCUT2D eigenvalue weighted by molar-refractivity contribution is -0.131. The summed E-state index contributed by atoms with van der Waals surface area (Å²) in [4.78, 5) is 32.7. The minimum atomic E-state index is -1.26. The molecule has 0 saturated carbocycles. The summed E-state index contributed by atoms with van der Waals surface area (Å²) in [5, 5.41) is 8.32. The lowest BCUT2D eigenvalue weighted by Gasteiger charge is -2.09. The van der Waals surface area contributed by atoms with Crippen molar-refractivity contribution in [2.45, 2.75) is 6.92 Å². The third-order valence-electron chi connectivity index (χ3n) is 2.20. The molecule has 0 aliphatic heterocycles. The fourth-order valence-corrected chi connectivity index (χ4v) is 1.75. The number of aliphatic carboxylic acids is 1. The number of hydrogen-bond acceptors (Lipinski definition) is 4. The van der Waals surface area contributed by atoms with Crippen LogP contribution in [0.5, 0.6) is 5.75 Å². The molecule has 0 heterocycles. The Labute approximate surface area is 129 Å². The van der Waals surface area contributed by atoms with Crippen molar-refractivity contribution in [3.05, 3.63) is 40.4 Å². The molecule has 3 N–H and O–H groups in total. The minimum absolute atomic E-state index is 0.286. The minimum Gasteiger partial charge on any atom is -0.483 e. The maximum atomic E-state index is 11.4. The quantitative estimate of drug-likeness (QED) is 0.537. The predicted molar refractivity (Wildman–Crippen MR) is 77.4 cm³/mol. The van der Waals surface area contributed by atoms with E-state index in [2.05, 4.69) is 21.4 Å². The number of aryl methyl sites for hydroxylation is 1. The fourth-order valence-electron chi connectivity index (χ4n) is 1.27. The number of amides is 2. The highest BCUT2D eigenvalue weighted by Gasteiger charge is 2.06. The summed E-state index contributed by atoms with van der Waals surface area (Å²) in [7, 11) is 0. The van der Waals surface area contributed by atoms with Gasteiger partial charge in [-0.15, -0.1) is 0 Å². The van der Waals surface area contributed by atoms with E-state index in [0.29, 0.717) is 11.8 Å². The predicted octanol–water partition coefficient (Wildman–Crippen LogP) is 0.925. The van der Waals surface area contributed by atoms with E-state index in [9.17, 15) is 14.4 Å². The van der Waals surface area contributed by atoms with E-state index in [0.717, 1.165) is 16.1 Å². The second-order valence-corrected chi connectivity index (χ2v) is 4.82. The van der Waals surface area contributed by atoms with Gasteiger partial charge in [-0.2, -0.15) is 0 Å². The lowest BCUT2D eigenvalue weighted by atomic mass is 10.2. The van der Waals surface area contributed by atoms with Gasteiger partial charge in [-0.3, -0.25) is 20.4 Å². The third-order valence-corrected chi connectivity index (χ3v) is 2.69. The van der Waals surface area contributed by atoms with Crippen LogP contribution in [-0.4, -0.2) is 29.5 Å². The van der Waals surface area contributed by atoms with Crippen molar-refractivity contribution in [1.29, 1.82) is 0 Å². The van der Waals surface area contributed by atoms with Crippen molar-refractivity contribution in [2.24, 2.45) is 0 Å². The molecule has 0 spiro atoms. The number of carbonyl (C=O) groups is 3. The third kappa shape index (κ3) is 6.57. The number of rotatable bonds is 5. The fraction of sp³-hybridized carbons (Fsp3) is 0.154. The monoisotopic (exact) mass is 356 g/mol. The molecular formula is C13H13BrN2O5. The number of nitrogens with one attached hydrogen (secondary N) is 2. The van der Waals surface area contributed by atoms with Gasteiger partial charge in [-0.25, -0.2) is 4.79 Å². The van der Waals surface area contributed by atoms with Crippen molar-refractivity contribution in [3.63, 3.8) is 0 Å². The first kappa shape index (κ1) is 16.7. The van der Waals surface area contributed by atoms with E-state index in [-0.39, 0.29) is 6.61 Å². The summed E-state index contributed by atoms with van der Waals surface area (Å²) in [6.07, 6.45) is 1.44. The largest absolute Gasteiger partial charge is 0.483 e. The standard InChI is InChI=1S/C13H13BrN2O5/c1-8-6-9(14)2-3-10(8)21-7-12(18)16-15-11(17)4-5-13(19)20/h2-6H,7H2,1H3,(H,15,17)(H,16,18)(H,19,20). The molecular weight excluding hydrogens is 344 g/mol. The number of hydrazine groups is 1. The molecule has 8 heteroatoms. The maximum absolute atomic E-state index is 11.4. The molecule has 21 heavy (non-hydrogen) atoms. The smallest absolute Gasteiger partial charge is 0.328 e. The van der Waals surface area contributed by atoms with Crippen molar-refractivity contribution in [1.82, 2.24) is 10.9 Å². The van der Waals surface area contributed by atoms with E-state index in [1.807, 2.05) is 18.4 Å². The summed E-state index contributed by atoms with van der Waals surface area (Å²) < 4.78 is 6.19. The average Bonchev–Trinajstić information content (AvgIpc) is 2.41. The molecule has 1 aromatic rings. The van der Waals surface area contributed by atoms with Gasteiger partial charge in [0.05, 0.1) is 0 Å². The number of hydrogen-bond donors (Lipinski definition) is 3. The Morgan fingerprint density at radius 2 is 2.00 bits per heavy atom. The first-order valence-corrected chi connectivity index (χ1v) is 6.56. The van der Waals surface area contributed by atoms with Gasteiger partial charge < -0.3 is 9.84 Å². The van der Waals surface area contributed by atoms with Gasteiger partial charge in [0.1, 0.15) is 5.75 Å². The first-order chi connectivity index (χ1) is 9.88. The SMILES string of the molecule is Cc1cc(Br)ccc1OCC(=O)NNC(=O)C=CC(=O)O. The van der Waals surface area contributed by atoms with Gasteiger partial charge in [-0.1, -0.05) is 15.9 Å².